The van der Waals surface area contributed by atoms with Crippen LogP contribution in [0.4, 0.5) is 20.3 Å². The van der Waals surface area contributed by atoms with Crippen LogP contribution in [0.1, 0.15) is 26.3 Å². The molecule has 9 heteroatoms. The number of rotatable bonds is 5. The van der Waals surface area contributed by atoms with Gasteiger partial charge in [0, 0.05) is 29.9 Å². The fourth-order valence-electron chi connectivity index (χ4n) is 3.85. The number of hydrogen-bond acceptors (Lipinski definition) is 6. The van der Waals surface area contributed by atoms with Crippen molar-refractivity contribution >= 4 is 34.2 Å². The normalized spacial score (nSPS) is 13.6. The van der Waals surface area contributed by atoms with E-state index in [2.05, 4.69) is 20.2 Å². The molecule has 1 aromatic heterocycles. The third-order valence-corrected chi connectivity index (χ3v) is 5.68. The van der Waals surface area contributed by atoms with Gasteiger partial charge in [0.25, 0.3) is 5.91 Å². The van der Waals surface area contributed by atoms with Crippen molar-refractivity contribution in [3.8, 4) is 0 Å². The molecule has 35 heavy (non-hydrogen) atoms. The maximum Gasteiger partial charge on any atom is 0.255 e. The van der Waals surface area contributed by atoms with Crippen molar-refractivity contribution in [1.82, 2.24) is 9.97 Å². The van der Waals surface area contributed by atoms with Crippen LogP contribution in [0.25, 0.3) is 11.0 Å². The molecule has 2 heterocycles. The Morgan fingerprint density at radius 2 is 1.74 bits per heavy atom. The minimum absolute atomic E-state index is 0.103. The maximum absolute atomic E-state index is 14.6. The lowest BCUT2D eigenvalue weighted by atomic mass is 10.0. The van der Waals surface area contributed by atoms with E-state index in [1.165, 1.54) is 30.3 Å². The van der Waals surface area contributed by atoms with E-state index in [4.69, 9.17) is 4.74 Å². The third-order valence-electron chi connectivity index (χ3n) is 5.68. The Morgan fingerprint density at radius 1 is 0.914 bits per heavy atom. The molecule has 0 atom stereocenters. The smallest absolute Gasteiger partial charge is 0.255 e. The van der Waals surface area contributed by atoms with Crippen LogP contribution in [0.3, 0.4) is 0 Å². The van der Waals surface area contributed by atoms with E-state index in [1.54, 1.807) is 24.4 Å². The molecule has 1 amide bonds. The summed E-state index contributed by atoms with van der Waals surface area (Å²) in [4.78, 5) is 36.7. The summed E-state index contributed by atoms with van der Waals surface area (Å²) in [6.07, 6.45) is 1.68. The summed E-state index contributed by atoms with van der Waals surface area (Å²) in [5, 5.41) is 2.57. The number of benzene rings is 3. The van der Waals surface area contributed by atoms with Crippen LogP contribution in [-0.4, -0.2) is 48.0 Å². The number of amides is 1. The van der Waals surface area contributed by atoms with Crippen molar-refractivity contribution in [2.45, 2.75) is 0 Å². The molecule has 1 N–H and O–H groups in total. The number of morpholine rings is 1. The highest BCUT2D eigenvalue weighted by atomic mass is 19.1. The fourth-order valence-corrected chi connectivity index (χ4v) is 3.85. The zero-order valence-electron chi connectivity index (χ0n) is 18.5. The molecule has 1 aliphatic heterocycles. The topological polar surface area (TPSA) is 84.4 Å². The quantitative estimate of drug-likeness (QED) is 0.436. The van der Waals surface area contributed by atoms with Gasteiger partial charge in [-0.25, -0.2) is 13.8 Å². The summed E-state index contributed by atoms with van der Waals surface area (Å²) in [5.74, 6) is -1.74. The van der Waals surface area contributed by atoms with E-state index in [1.807, 2.05) is 0 Å². The number of aromatic nitrogens is 2. The summed E-state index contributed by atoms with van der Waals surface area (Å²) >= 11 is 0. The lowest BCUT2D eigenvalue weighted by molar-refractivity contribution is 0.101. The first-order chi connectivity index (χ1) is 17.0. The van der Waals surface area contributed by atoms with Crippen LogP contribution < -0.4 is 10.2 Å². The molecule has 1 fully saturated rings. The number of nitrogens with zero attached hydrogens (tertiary/aromatic N) is 3. The first kappa shape index (κ1) is 22.5. The van der Waals surface area contributed by atoms with Crippen molar-refractivity contribution in [1.29, 1.82) is 0 Å². The Balaban J connectivity index is 1.41. The van der Waals surface area contributed by atoms with Gasteiger partial charge in [0.15, 0.2) is 5.78 Å². The molecule has 4 aromatic rings. The fraction of sp³-hybridized carbons (Fsp3) is 0.154. The average Bonchev–Trinajstić information content (AvgIpc) is 2.89. The van der Waals surface area contributed by atoms with Gasteiger partial charge in [-0.15, -0.1) is 0 Å². The Kier molecular flexibility index (Phi) is 6.15. The number of ketones is 1. The van der Waals surface area contributed by atoms with Gasteiger partial charge >= 0.3 is 0 Å². The molecule has 5 rings (SSSR count). The number of halogens is 2. The Morgan fingerprint density at radius 3 is 2.54 bits per heavy atom. The second kappa shape index (κ2) is 9.55. The zero-order chi connectivity index (χ0) is 24.4. The second-order valence-electron chi connectivity index (χ2n) is 8.02. The summed E-state index contributed by atoms with van der Waals surface area (Å²) in [7, 11) is 0. The standard InChI is InChI=1S/C26H20F2N4O3/c27-18-3-1-2-17(12-18)26(34)30-19-5-6-21(28)20(14-19)25(33)16-4-7-22-23(13-16)31-24(15-29-22)32-8-10-35-11-9-32/h1-7,12-15H,8-11H2,(H,30,34). The van der Waals surface area contributed by atoms with E-state index >= 15 is 0 Å². The van der Waals surface area contributed by atoms with Crippen molar-refractivity contribution < 1.29 is 23.1 Å². The van der Waals surface area contributed by atoms with Crippen LogP contribution in [-0.2, 0) is 4.74 Å². The van der Waals surface area contributed by atoms with Gasteiger partial charge in [-0.2, -0.15) is 0 Å². The summed E-state index contributed by atoms with van der Waals surface area (Å²) in [6.45, 7) is 2.59. The minimum Gasteiger partial charge on any atom is -0.378 e. The van der Waals surface area contributed by atoms with Gasteiger partial charge in [0.05, 0.1) is 36.0 Å². The number of anilines is 2. The maximum atomic E-state index is 14.6. The highest BCUT2D eigenvalue weighted by Crippen LogP contribution is 2.23. The molecule has 1 aliphatic rings. The summed E-state index contributed by atoms with van der Waals surface area (Å²) in [6, 6.07) is 13.7. The van der Waals surface area contributed by atoms with Gasteiger partial charge < -0.3 is 15.0 Å². The number of hydrogen-bond donors (Lipinski definition) is 1. The lowest BCUT2D eigenvalue weighted by Crippen LogP contribution is -2.36. The summed E-state index contributed by atoms with van der Waals surface area (Å²) in [5.41, 5.74) is 1.45. The van der Waals surface area contributed by atoms with Crippen molar-refractivity contribution in [2.75, 3.05) is 36.5 Å². The van der Waals surface area contributed by atoms with Crippen molar-refractivity contribution in [3.05, 3.63) is 95.2 Å². The van der Waals surface area contributed by atoms with E-state index in [0.29, 0.717) is 43.2 Å². The molecular weight excluding hydrogens is 454 g/mol. The minimum atomic E-state index is -0.730. The number of fused-ring (bicyclic) bond motifs is 1. The molecule has 0 aliphatic carbocycles. The first-order valence-electron chi connectivity index (χ1n) is 11.0. The van der Waals surface area contributed by atoms with E-state index in [0.717, 1.165) is 12.1 Å². The number of carbonyl (C=O) groups is 2. The molecule has 1 saturated heterocycles. The van der Waals surface area contributed by atoms with Crippen LogP contribution >= 0.6 is 0 Å². The summed E-state index contributed by atoms with van der Waals surface area (Å²) < 4.78 is 33.4. The van der Waals surface area contributed by atoms with Gasteiger partial charge in [-0.1, -0.05) is 6.07 Å². The largest absolute Gasteiger partial charge is 0.378 e. The highest BCUT2D eigenvalue weighted by Gasteiger charge is 2.18. The molecular formula is C26H20F2N4O3. The SMILES string of the molecule is O=C(Nc1ccc(F)c(C(=O)c2ccc3ncc(N4CCOCC4)nc3c2)c1)c1cccc(F)c1. The molecule has 7 nitrogen and oxygen atoms in total. The van der Waals surface area contributed by atoms with Gasteiger partial charge in [0.2, 0.25) is 0 Å². The highest BCUT2D eigenvalue weighted by molar-refractivity contribution is 6.11. The van der Waals surface area contributed by atoms with Gasteiger partial charge in [-0.05, 0) is 54.6 Å². The molecule has 176 valence electrons. The predicted molar refractivity (Wildman–Crippen MR) is 127 cm³/mol. The average molecular weight is 474 g/mol. The molecule has 0 bridgehead atoms. The van der Waals surface area contributed by atoms with Crippen molar-refractivity contribution in [3.63, 3.8) is 0 Å². The Bertz CT molecular complexity index is 1440. The van der Waals surface area contributed by atoms with Crippen LogP contribution in [0.5, 0.6) is 0 Å². The van der Waals surface area contributed by atoms with Crippen LogP contribution in [0, 0.1) is 11.6 Å². The van der Waals surface area contributed by atoms with Gasteiger partial charge in [-0.3, -0.25) is 14.6 Å². The van der Waals surface area contributed by atoms with E-state index < -0.39 is 23.3 Å². The van der Waals surface area contributed by atoms with E-state index in [-0.39, 0.29) is 22.4 Å². The Labute approximate surface area is 199 Å². The van der Waals surface area contributed by atoms with Crippen LogP contribution in [0.2, 0.25) is 0 Å². The second-order valence-corrected chi connectivity index (χ2v) is 8.02. The van der Waals surface area contributed by atoms with E-state index in [9.17, 15) is 18.4 Å². The number of carbonyl (C=O) groups excluding carboxylic acids is 2. The van der Waals surface area contributed by atoms with Crippen LogP contribution in [0.15, 0.2) is 66.9 Å². The monoisotopic (exact) mass is 474 g/mol. The lowest BCUT2D eigenvalue weighted by Gasteiger charge is -2.27. The van der Waals surface area contributed by atoms with Gasteiger partial charge in [0.1, 0.15) is 17.5 Å². The molecule has 0 saturated carbocycles. The molecule has 0 unspecified atom stereocenters. The Hall–Kier alpha value is -4.24. The predicted octanol–water partition coefficient (Wildman–Crippen LogP) is 4.23. The first-order valence-corrected chi connectivity index (χ1v) is 11.0. The molecule has 0 spiro atoms. The molecule has 3 aromatic carbocycles. The number of nitrogens with one attached hydrogen (secondary N) is 1. The molecule has 0 radical (unpaired) electrons. The zero-order valence-corrected chi connectivity index (χ0v) is 18.5. The van der Waals surface area contributed by atoms with Crippen molar-refractivity contribution in [2.24, 2.45) is 0 Å². The third kappa shape index (κ3) is 4.85. The number of ether oxygens (including phenoxy) is 1.